The Labute approximate surface area is 122 Å². The minimum atomic E-state index is -0.253. The Morgan fingerprint density at radius 2 is 2.25 bits per heavy atom. The molecule has 1 atom stereocenters. The third kappa shape index (κ3) is 3.63. The van der Waals surface area contributed by atoms with Crippen LogP contribution in [-0.2, 0) is 6.54 Å². The van der Waals surface area contributed by atoms with E-state index in [2.05, 4.69) is 17.3 Å². The van der Waals surface area contributed by atoms with E-state index in [1.54, 1.807) is 12.1 Å². The van der Waals surface area contributed by atoms with Crippen LogP contribution < -0.4 is 5.32 Å². The number of amides is 1. The molecule has 0 aliphatic heterocycles. The van der Waals surface area contributed by atoms with Crippen molar-refractivity contribution in [3.05, 3.63) is 40.6 Å². The fourth-order valence-corrected chi connectivity index (χ4v) is 2.16. The summed E-state index contributed by atoms with van der Waals surface area (Å²) in [4.78, 5) is 11.8. The van der Waals surface area contributed by atoms with Gasteiger partial charge in [-0.1, -0.05) is 6.92 Å². The molecule has 0 radical (unpaired) electrons. The van der Waals surface area contributed by atoms with Crippen molar-refractivity contribution >= 4 is 17.5 Å². The largest absolute Gasteiger partial charge is 0.440 e. The monoisotopic (exact) mass is 295 g/mol. The molecule has 0 aromatic carbocycles. The van der Waals surface area contributed by atoms with E-state index in [-0.39, 0.29) is 22.8 Å². The van der Waals surface area contributed by atoms with Crippen LogP contribution in [-0.4, -0.2) is 22.2 Å². The Bertz CT molecular complexity index is 603. The van der Waals surface area contributed by atoms with E-state index in [1.165, 1.54) is 0 Å². The molecule has 2 heterocycles. The highest BCUT2D eigenvalue weighted by atomic mass is 35.5. The number of furan rings is 1. The van der Waals surface area contributed by atoms with Crippen LogP contribution in [0.2, 0.25) is 5.22 Å². The van der Waals surface area contributed by atoms with Crippen molar-refractivity contribution in [3.63, 3.8) is 0 Å². The van der Waals surface area contributed by atoms with Crippen LogP contribution in [0.3, 0.4) is 0 Å². The summed E-state index contributed by atoms with van der Waals surface area (Å²) in [7, 11) is 0. The molecule has 6 heteroatoms. The van der Waals surface area contributed by atoms with E-state index in [1.807, 2.05) is 24.6 Å². The van der Waals surface area contributed by atoms with E-state index < -0.39 is 0 Å². The van der Waals surface area contributed by atoms with Gasteiger partial charge in [-0.25, -0.2) is 0 Å². The number of carbonyl (C=O) groups excluding carboxylic acids is 1. The molecule has 0 aliphatic rings. The smallest absolute Gasteiger partial charge is 0.287 e. The summed E-state index contributed by atoms with van der Waals surface area (Å²) < 4.78 is 7.01. The lowest BCUT2D eigenvalue weighted by atomic mass is 10.2. The Morgan fingerprint density at radius 3 is 2.80 bits per heavy atom. The van der Waals surface area contributed by atoms with Gasteiger partial charge in [0.05, 0.1) is 5.69 Å². The zero-order valence-corrected chi connectivity index (χ0v) is 12.6. The van der Waals surface area contributed by atoms with Crippen molar-refractivity contribution in [3.8, 4) is 0 Å². The number of rotatable bonds is 5. The van der Waals surface area contributed by atoms with E-state index in [4.69, 9.17) is 16.0 Å². The fraction of sp³-hybridized carbons (Fsp3) is 0.429. The topological polar surface area (TPSA) is 60.1 Å². The molecule has 5 nitrogen and oxygen atoms in total. The number of hydrogen-bond donors (Lipinski definition) is 1. The summed E-state index contributed by atoms with van der Waals surface area (Å²) in [5.41, 5.74) is 2.13. The number of hydrogen-bond acceptors (Lipinski definition) is 3. The number of nitrogens with zero attached hydrogens (tertiary/aromatic N) is 2. The Hall–Kier alpha value is -1.75. The Balaban J connectivity index is 1.84. The minimum absolute atomic E-state index is 0.214. The third-order valence-electron chi connectivity index (χ3n) is 3.00. The number of aromatic nitrogens is 2. The van der Waals surface area contributed by atoms with Gasteiger partial charge in [-0.3, -0.25) is 9.48 Å². The number of halogens is 1. The molecule has 1 N–H and O–H groups in total. The van der Waals surface area contributed by atoms with Crippen molar-refractivity contribution in [1.82, 2.24) is 15.1 Å². The maximum absolute atomic E-state index is 11.8. The predicted molar refractivity (Wildman–Crippen MR) is 76.9 cm³/mol. The zero-order chi connectivity index (χ0) is 14.7. The molecule has 0 saturated carbocycles. The van der Waals surface area contributed by atoms with Gasteiger partial charge in [-0.05, 0) is 49.6 Å². The molecule has 0 unspecified atom stereocenters. The SMILES string of the molecule is Cc1cc(C)n(C[C@H](C)CNC(=O)c2ccc(Cl)o2)n1. The van der Waals surface area contributed by atoms with Gasteiger partial charge >= 0.3 is 0 Å². The molecule has 0 aliphatic carbocycles. The van der Waals surface area contributed by atoms with Gasteiger partial charge < -0.3 is 9.73 Å². The van der Waals surface area contributed by atoms with Gasteiger partial charge in [0.2, 0.25) is 0 Å². The molecule has 108 valence electrons. The fourth-order valence-electron chi connectivity index (χ4n) is 2.01. The molecular formula is C14H18ClN3O2. The lowest BCUT2D eigenvalue weighted by Crippen LogP contribution is -2.30. The van der Waals surface area contributed by atoms with Crippen LogP contribution in [0.4, 0.5) is 0 Å². The zero-order valence-electron chi connectivity index (χ0n) is 11.8. The van der Waals surface area contributed by atoms with Crippen molar-refractivity contribution in [2.75, 3.05) is 6.54 Å². The highest BCUT2D eigenvalue weighted by molar-refractivity contribution is 6.29. The first-order chi connectivity index (χ1) is 9.45. The molecule has 2 aromatic heterocycles. The van der Waals surface area contributed by atoms with Crippen LogP contribution in [0.15, 0.2) is 22.6 Å². The van der Waals surface area contributed by atoms with Crippen molar-refractivity contribution in [1.29, 1.82) is 0 Å². The first-order valence-corrected chi connectivity index (χ1v) is 6.88. The molecule has 2 aromatic rings. The third-order valence-corrected chi connectivity index (χ3v) is 3.20. The minimum Gasteiger partial charge on any atom is -0.440 e. The van der Waals surface area contributed by atoms with E-state index in [0.29, 0.717) is 6.54 Å². The highest BCUT2D eigenvalue weighted by Gasteiger charge is 2.12. The van der Waals surface area contributed by atoms with E-state index in [0.717, 1.165) is 17.9 Å². The second-order valence-electron chi connectivity index (χ2n) is 5.03. The van der Waals surface area contributed by atoms with Crippen LogP contribution in [0.1, 0.15) is 28.9 Å². The lowest BCUT2D eigenvalue weighted by molar-refractivity contribution is 0.0919. The van der Waals surface area contributed by atoms with Gasteiger partial charge in [-0.2, -0.15) is 5.10 Å². The van der Waals surface area contributed by atoms with Gasteiger partial charge in [-0.15, -0.1) is 0 Å². The lowest BCUT2D eigenvalue weighted by Gasteiger charge is -2.13. The van der Waals surface area contributed by atoms with Crippen LogP contribution in [0, 0.1) is 19.8 Å². The van der Waals surface area contributed by atoms with E-state index in [9.17, 15) is 4.79 Å². The van der Waals surface area contributed by atoms with Gasteiger partial charge in [0.25, 0.3) is 5.91 Å². The Kier molecular flexibility index (Phi) is 4.49. The van der Waals surface area contributed by atoms with E-state index >= 15 is 0 Å². The van der Waals surface area contributed by atoms with Crippen molar-refractivity contribution in [2.45, 2.75) is 27.3 Å². The van der Waals surface area contributed by atoms with Crippen LogP contribution in [0.25, 0.3) is 0 Å². The number of carbonyl (C=O) groups is 1. The Morgan fingerprint density at radius 1 is 1.50 bits per heavy atom. The molecule has 1 amide bonds. The first kappa shape index (κ1) is 14.7. The maximum atomic E-state index is 11.8. The molecule has 2 rings (SSSR count). The second-order valence-corrected chi connectivity index (χ2v) is 5.40. The molecule has 0 saturated heterocycles. The normalized spacial score (nSPS) is 12.4. The average molecular weight is 296 g/mol. The molecule has 0 spiro atoms. The highest BCUT2D eigenvalue weighted by Crippen LogP contribution is 2.13. The second kappa shape index (κ2) is 6.13. The summed E-state index contributed by atoms with van der Waals surface area (Å²) in [6, 6.07) is 5.15. The average Bonchev–Trinajstić information content (AvgIpc) is 2.93. The first-order valence-electron chi connectivity index (χ1n) is 6.50. The van der Waals surface area contributed by atoms with Crippen LogP contribution >= 0.6 is 11.6 Å². The molecular weight excluding hydrogens is 278 g/mol. The standard InChI is InChI=1S/C14H18ClN3O2/c1-9(8-18-11(3)6-10(2)17-18)7-16-14(19)12-4-5-13(15)20-12/h4-6,9H,7-8H2,1-3H3,(H,16,19)/t9-/m1/s1. The van der Waals surface area contributed by atoms with Crippen molar-refractivity contribution in [2.24, 2.45) is 5.92 Å². The number of nitrogens with one attached hydrogen (secondary N) is 1. The van der Waals surface area contributed by atoms with Gasteiger partial charge in [0, 0.05) is 18.8 Å². The summed E-state index contributed by atoms with van der Waals surface area (Å²) in [6.07, 6.45) is 0. The predicted octanol–water partition coefficient (Wildman–Crippen LogP) is 2.81. The van der Waals surface area contributed by atoms with Crippen molar-refractivity contribution < 1.29 is 9.21 Å². The maximum Gasteiger partial charge on any atom is 0.287 e. The van der Waals surface area contributed by atoms with Gasteiger partial charge in [0.15, 0.2) is 11.0 Å². The summed E-state index contributed by atoms with van der Waals surface area (Å²) >= 11 is 5.64. The van der Waals surface area contributed by atoms with Gasteiger partial charge in [0.1, 0.15) is 0 Å². The quantitative estimate of drug-likeness (QED) is 0.922. The molecule has 20 heavy (non-hydrogen) atoms. The summed E-state index contributed by atoms with van der Waals surface area (Å²) in [5, 5.41) is 7.45. The number of aryl methyl sites for hydroxylation is 2. The molecule has 0 bridgehead atoms. The molecule has 0 fully saturated rings. The summed E-state index contributed by atoms with van der Waals surface area (Å²) in [6.45, 7) is 7.37. The van der Waals surface area contributed by atoms with Crippen LogP contribution in [0.5, 0.6) is 0 Å². The summed E-state index contributed by atoms with van der Waals surface area (Å²) in [5.74, 6) is 0.243.